The standard InChI is InChI=1S/C11H20BrNO/c1-8-4-6-10(7-5-8)13(3)11(14)9(2)12/h8-10H,4-7H2,1-3H3. The molecule has 0 heterocycles. The molecule has 0 radical (unpaired) electrons. The molecule has 1 amide bonds. The van der Waals surface area contributed by atoms with E-state index in [1.54, 1.807) is 0 Å². The van der Waals surface area contributed by atoms with Gasteiger partial charge in [0.1, 0.15) is 0 Å². The van der Waals surface area contributed by atoms with Crippen LogP contribution in [-0.2, 0) is 4.79 Å². The molecule has 14 heavy (non-hydrogen) atoms. The Kier molecular flexibility index (Phi) is 4.42. The molecule has 1 rings (SSSR count). The number of carbonyl (C=O) groups is 1. The van der Waals surface area contributed by atoms with Crippen molar-refractivity contribution < 1.29 is 4.79 Å². The third-order valence-corrected chi connectivity index (χ3v) is 3.61. The normalized spacial score (nSPS) is 29.7. The van der Waals surface area contributed by atoms with Gasteiger partial charge in [0.25, 0.3) is 0 Å². The van der Waals surface area contributed by atoms with Crippen LogP contribution in [0.25, 0.3) is 0 Å². The first kappa shape index (κ1) is 12.0. The first-order valence-corrected chi connectivity index (χ1v) is 6.34. The molecule has 0 aliphatic heterocycles. The summed E-state index contributed by atoms with van der Waals surface area (Å²) < 4.78 is 0. The summed E-state index contributed by atoms with van der Waals surface area (Å²) >= 11 is 3.33. The molecule has 1 atom stereocenters. The molecule has 0 spiro atoms. The van der Waals surface area contributed by atoms with Gasteiger partial charge in [0.05, 0.1) is 4.83 Å². The fourth-order valence-electron chi connectivity index (χ4n) is 2.09. The second kappa shape index (κ2) is 5.15. The van der Waals surface area contributed by atoms with E-state index >= 15 is 0 Å². The summed E-state index contributed by atoms with van der Waals surface area (Å²) in [6.45, 7) is 4.19. The minimum absolute atomic E-state index is 0.0492. The van der Waals surface area contributed by atoms with Crippen LogP contribution in [0.5, 0.6) is 0 Å². The molecular weight excluding hydrogens is 242 g/mol. The largest absolute Gasteiger partial charge is 0.342 e. The Labute approximate surface area is 95.2 Å². The van der Waals surface area contributed by atoms with E-state index in [9.17, 15) is 4.79 Å². The smallest absolute Gasteiger partial charge is 0.236 e. The van der Waals surface area contributed by atoms with Crippen LogP contribution in [-0.4, -0.2) is 28.7 Å². The fourth-order valence-corrected chi connectivity index (χ4v) is 2.41. The Hall–Kier alpha value is -0.0500. The Bertz CT molecular complexity index is 197. The van der Waals surface area contributed by atoms with Crippen molar-refractivity contribution in [2.45, 2.75) is 50.4 Å². The Morgan fingerprint density at radius 2 is 1.86 bits per heavy atom. The van der Waals surface area contributed by atoms with Crippen molar-refractivity contribution in [2.75, 3.05) is 7.05 Å². The molecule has 1 saturated carbocycles. The van der Waals surface area contributed by atoms with Crippen molar-refractivity contribution in [2.24, 2.45) is 5.92 Å². The van der Waals surface area contributed by atoms with Crippen molar-refractivity contribution in [3.63, 3.8) is 0 Å². The van der Waals surface area contributed by atoms with Crippen LogP contribution >= 0.6 is 15.9 Å². The maximum absolute atomic E-state index is 11.7. The highest BCUT2D eigenvalue weighted by Crippen LogP contribution is 2.27. The molecule has 1 aliphatic carbocycles. The van der Waals surface area contributed by atoms with E-state index < -0.39 is 0 Å². The van der Waals surface area contributed by atoms with Gasteiger partial charge in [-0.05, 0) is 38.5 Å². The van der Waals surface area contributed by atoms with Gasteiger partial charge in [0.15, 0.2) is 0 Å². The fraction of sp³-hybridized carbons (Fsp3) is 0.909. The molecule has 0 aromatic rings. The van der Waals surface area contributed by atoms with E-state index in [0.29, 0.717) is 6.04 Å². The number of hydrogen-bond acceptors (Lipinski definition) is 1. The molecule has 1 unspecified atom stereocenters. The van der Waals surface area contributed by atoms with E-state index in [2.05, 4.69) is 22.9 Å². The number of halogens is 1. The monoisotopic (exact) mass is 261 g/mol. The predicted octanol–water partition coefficient (Wildman–Crippen LogP) is 2.81. The van der Waals surface area contributed by atoms with Gasteiger partial charge >= 0.3 is 0 Å². The van der Waals surface area contributed by atoms with Crippen molar-refractivity contribution in [1.29, 1.82) is 0 Å². The summed E-state index contributed by atoms with van der Waals surface area (Å²) in [5, 5.41) is 0. The van der Waals surface area contributed by atoms with Crippen LogP contribution < -0.4 is 0 Å². The lowest BCUT2D eigenvalue weighted by atomic mass is 9.87. The van der Waals surface area contributed by atoms with Gasteiger partial charge < -0.3 is 4.90 Å². The maximum Gasteiger partial charge on any atom is 0.236 e. The number of carbonyl (C=O) groups excluding carboxylic acids is 1. The molecule has 0 aromatic heterocycles. The molecule has 2 nitrogen and oxygen atoms in total. The highest BCUT2D eigenvalue weighted by Gasteiger charge is 2.26. The molecular formula is C11H20BrNO. The Morgan fingerprint density at radius 3 is 2.29 bits per heavy atom. The van der Waals surface area contributed by atoms with Crippen molar-refractivity contribution in [3.05, 3.63) is 0 Å². The number of rotatable bonds is 2. The maximum atomic E-state index is 11.7. The first-order valence-electron chi connectivity index (χ1n) is 5.43. The molecule has 0 N–H and O–H groups in total. The number of hydrogen-bond donors (Lipinski definition) is 0. The van der Waals surface area contributed by atoms with Crippen molar-refractivity contribution in [1.82, 2.24) is 4.90 Å². The summed E-state index contributed by atoms with van der Waals surface area (Å²) in [5.74, 6) is 1.06. The summed E-state index contributed by atoms with van der Waals surface area (Å²) in [5.41, 5.74) is 0. The second-order valence-corrected chi connectivity index (χ2v) is 5.85. The van der Waals surface area contributed by atoms with Gasteiger partial charge in [-0.3, -0.25) is 4.79 Å². The van der Waals surface area contributed by atoms with E-state index in [4.69, 9.17) is 0 Å². The summed E-state index contributed by atoms with van der Waals surface area (Å²) in [6.07, 6.45) is 4.87. The summed E-state index contributed by atoms with van der Waals surface area (Å²) in [4.78, 5) is 13.6. The molecule has 1 fully saturated rings. The van der Waals surface area contributed by atoms with Crippen LogP contribution in [0.3, 0.4) is 0 Å². The highest BCUT2D eigenvalue weighted by molar-refractivity contribution is 9.10. The topological polar surface area (TPSA) is 20.3 Å². The second-order valence-electron chi connectivity index (χ2n) is 4.48. The zero-order valence-electron chi connectivity index (χ0n) is 9.29. The van der Waals surface area contributed by atoms with Crippen molar-refractivity contribution >= 4 is 21.8 Å². The lowest BCUT2D eigenvalue weighted by Gasteiger charge is -2.34. The molecule has 1 aliphatic rings. The molecule has 0 aromatic carbocycles. The van der Waals surface area contributed by atoms with Crippen LogP contribution in [0, 0.1) is 5.92 Å². The lowest BCUT2D eigenvalue weighted by Crippen LogP contribution is -2.42. The average Bonchev–Trinajstić information content (AvgIpc) is 2.16. The molecule has 0 bridgehead atoms. The van der Waals surface area contributed by atoms with Gasteiger partial charge in [-0.15, -0.1) is 0 Å². The molecule has 0 saturated heterocycles. The number of alkyl halides is 1. The van der Waals surface area contributed by atoms with Gasteiger partial charge in [-0.2, -0.15) is 0 Å². The zero-order chi connectivity index (χ0) is 10.7. The van der Waals surface area contributed by atoms with Crippen LogP contribution in [0.2, 0.25) is 0 Å². The molecule has 3 heteroatoms. The van der Waals surface area contributed by atoms with E-state index in [-0.39, 0.29) is 10.7 Å². The van der Waals surface area contributed by atoms with Crippen LogP contribution in [0.15, 0.2) is 0 Å². The number of nitrogens with zero attached hydrogens (tertiary/aromatic N) is 1. The van der Waals surface area contributed by atoms with E-state index in [0.717, 1.165) is 5.92 Å². The minimum Gasteiger partial charge on any atom is -0.342 e. The Morgan fingerprint density at radius 1 is 1.36 bits per heavy atom. The van der Waals surface area contributed by atoms with Gasteiger partial charge in [0.2, 0.25) is 5.91 Å². The quantitative estimate of drug-likeness (QED) is 0.701. The average molecular weight is 262 g/mol. The first-order chi connectivity index (χ1) is 6.52. The van der Waals surface area contributed by atoms with E-state index in [1.165, 1.54) is 25.7 Å². The summed E-state index contributed by atoms with van der Waals surface area (Å²) in [6, 6.07) is 0.471. The van der Waals surface area contributed by atoms with Gasteiger partial charge in [-0.1, -0.05) is 22.9 Å². The third-order valence-electron chi connectivity index (χ3n) is 3.22. The minimum atomic E-state index is -0.0492. The third kappa shape index (κ3) is 2.97. The van der Waals surface area contributed by atoms with Gasteiger partial charge in [-0.25, -0.2) is 0 Å². The predicted molar refractivity (Wildman–Crippen MR) is 62.6 cm³/mol. The highest BCUT2D eigenvalue weighted by atomic mass is 79.9. The Balaban J connectivity index is 2.45. The molecule has 82 valence electrons. The van der Waals surface area contributed by atoms with Crippen LogP contribution in [0.1, 0.15) is 39.5 Å². The number of amides is 1. The lowest BCUT2D eigenvalue weighted by molar-refractivity contribution is -0.131. The van der Waals surface area contributed by atoms with Gasteiger partial charge in [0, 0.05) is 13.1 Å². The van der Waals surface area contributed by atoms with E-state index in [1.807, 2.05) is 18.9 Å². The van der Waals surface area contributed by atoms with Crippen LogP contribution in [0.4, 0.5) is 0 Å². The van der Waals surface area contributed by atoms with Crippen molar-refractivity contribution in [3.8, 4) is 0 Å². The summed E-state index contributed by atoms with van der Waals surface area (Å²) in [7, 11) is 1.93. The SMILES string of the molecule is CC1CCC(N(C)C(=O)C(C)Br)CC1. The zero-order valence-corrected chi connectivity index (χ0v) is 10.9.